The first-order valence-corrected chi connectivity index (χ1v) is 21.5. The molecule has 0 spiro atoms. The summed E-state index contributed by atoms with van der Waals surface area (Å²) >= 11 is 0. The number of piperazine rings is 1. The van der Waals surface area contributed by atoms with Gasteiger partial charge >= 0.3 is 6.18 Å². The predicted molar refractivity (Wildman–Crippen MR) is 238 cm³/mol. The van der Waals surface area contributed by atoms with E-state index in [0.717, 1.165) is 24.7 Å². The Labute approximate surface area is 382 Å². The number of nitrogens with two attached hydrogens (primary N) is 1. The van der Waals surface area contributed by atoms with Gasteiger partial charge in [0, 0.05) is 79.7 Å². The number of anilines is 1. The van der Waals surface area contributed by atoms with E-state index in [1.807, 2.05) is 0 Å². The maximum atomic E-state index is 15.2. The molecular weight excluding hydrogens is 873 g/mol. The SMILES string of the molecule is COc1ncnc(C2CC2)c1-c1ncnc(N(CC(=O)N2CCN(C(=O)c3cc(CC(=N)c4ccccc4C(N)=O)ccc3F)CC2)Cc2ccc(-c3nc(C(F)(F)F)cn3C(C)C)cc2)n1. The zero-order valence-corrected chi connectivity index (χ0v) is 36.8. The zero-order chi connectivity index (χ0) is 47.6. The molecule has 3 N–H and O–H groups in total. The largest absolute Gasteiger partial charge is 0.480 e. The Morgan fingerprint density at radius 2 is 1.54 bits per heavy atom. The summed E-state index contributed by atoms with van der Waals surface area (Å²) < 4.78 is 63.3. The molecule has 3 amide bonds. The number of carbonyl (C=O) groups is 3. The van der Waals surface area contributed by atoms with Crippen LogP contribution in [-0.4, -0.2) is 108 Å². The van der Waals surface area contributed by atoms with Gasteiger partial charge in [0.25, 0.3) is 5.91 Å². The van der Waals surface area contributed by atoms with Crippen LogP contribution < -0.4 is 15.4 Å². The van der Waals surface area contributed by atoms with Gasteiger partial charge in [0.1, 0.15) is 36.4 Å². The molecule has 0 unspecified atom stereocenters. The minimum Gasteiger partial charge on any atom is -0.480 e. The van der Waals surface area contributed by atoms with Crippen molar-refractivity contribution in [2.45, 2.75) is 57.8 Å². The highest BCUT2D eigenvalue weighted by Crippen LogP contribution is 2.45. The first-order chi connectivity index (χ1) is 32.1. The Morgan fingerprint density at radius 3 is 2.19 bits per heavy atom. The van der Waals surface area contributed by atoms with Gasteiger partial charge in [-0.05, 0) is 56.0 Å². The lowest BCUT2D eigenvalue weighted by Crippen LogP contribution is -2.52. The van der Waals surface area contributed by atoms with Crippen LogP contribution in [0.15, 0.2) is 85.6 Å². The fourth-order valence-electron chi connectivity index (χ4n) is 7.99. The van der Waals surface area contributed by atoms with Crippen LogP contribution in [-0.2, 0) is 23.9 Å². The summed E-state index contributed by atoms with van der Waals surface area (Å²) in [5.41, 5.74) is 7.80. The van der Waals surface area contributed by atoms with Gasteiger partial charge in [-0.25, -0.2) is 29.3 Å². The molecule has 3 aromatic heterocycles. The highest BCUT2D eigenvalue weighted by molar-refractivity contribution is 6.09. The summed E-state index contributed by atoms with van der Waals surface area (Å²) in [5, 5.41) is 8.63. The molecule has 2 fully saturated rings. The number of benzene rings is 3. The molecule has 0 radical (unpaired) electrons. The highest BCUT2D eigenvalue weighted by atomic mass is 19.4. The minimum absolute atomic E-state index is 0.0110. The number of primary amides is 1. The van der Waals surface area contributed by atoms with E-state index in [0.29, 0.717) is 27.8 Å². The molecular formula is C47H46F4N12O4. The van der Waals surface area contributed by atoms with Crippen LogP contribution in [0.25, 0.3) is 22.8 Å². The first kappa shape index (κ1) is 45.9. The van der Waals surface area contributed by atoms with E-state index in [4.69, 9.17) is 20.9 Å². The van der Waals surface area contributed by atoms with E-state index in [1.165, 1.54) is 53.5 Å². The second-order valence-corrected chi connectivity index (χ2v) is 16.6. The fraction of sp³-hybridized carbons (Fsp3) is 0.319. The van der Waals surface area contributed by atoms with Crippen LogP contribution >= 0.6 is 0 Å². The van der Waals surface area contributed by atoms with Crippen LogP contribution in [0, 0.1) is 11.2 Å². The van der Waals surface area contributed by atoms with Gasteiger partial charge in [-0.2, -0.15) is 18.2 Å². The van der Waals surface area contributed by atoms with Gasteiger partial charge in [-0.3, -0.25) is 14.4 Å². The molecule has 346 valence electrons. The molecule has 20 heteroatoms. The number of carbonyl (C=O) groups excluding carboxylic acids is 3. The number of imidazole rings is 1. The van der Waals surface area contributed by atoms with Crippen LogP contribution in [0.2, 0.25) is 0 Å². The van der Waals surface area contributed by atoms with Crippen molar-refractivity contribution < 1.29 is 36.7 Å². The maximum Gasteiger partial charge on any atom is 0.434 e. The molecule has 0 bridgehead atoms. The van der Waals surface area contributed by atoms with E-state index in [9.17, 15) is 27.6 Å². The van der Waals surface area contributed by atoms with E-state index in [-0.39, 0.29) is 104 Å². The molecule has 16 nitrogen and oxygen atoms in total. The Bertz CT molecular complexity index is 2840. The van der Waals surface area contributed by atoms with E-state index in [2.05, 4.69) is 24.9 Å². The number of hydrogen-bond acceptors (Lipinski definition) is 12. The molecule has 1 saturated carbocycles. The number of rotatable bonds is 15. The molecule has 3 aromatic carbocycles. The smallest absolute Gasteiger partial charge is 0.434 e. The summed E-state index contributed by atoms with van der Waals surface area (Å²) in [7, 11) is 1.49. The number of ether oxygens (including phenoxy) is 1. The molecule has 2 aliphatic rings. The molecule has 0 atom stereocenters. The third kappa shape index (κ3) is 10.1. The van der Waals surface area contributed by atoms with Crippen LogP contribution in [0.1, 0.15) is 87.4 Å². The van der Waals surface area contributed by atoms with Crippen molar-refractivity contribution in [1.82, 2.24) is 44.3 Å². The van der Waals surface area contributed by atoms with Gasteiger partial charge in [-0.1, -0.05) is 48.5 Å². The van der Waals surface area contributed by atoms with Gasteiger partial charge in [0.2, 0.25) is 23.6 Å². The molecule has 67 heavy (non-hydrogen) atoms. The number of nitrogens with one attached hydrogen (secondary N) is 1. The van der Waals surface area contributed by atoms with Crippen molar-refractivity contribution >= 4 is 29.4 Å². The minimum atomic E-state index is -4.62. The quantitative estimate of drug-likeness (QED) is 0.0839. The Hall–Kier alpha value is -7.64. The average molecular weight is 919 g/mol. The number of methoxy groups -OCH3 is 1. The zero-order valence-electron chi connectivity index (χ0n) is 36.8. The van der Waals surface area contributed by atoms with Crippen molar-refractivity contribution in [3.63, 3.8) is 0 Å². The molecule has 8 rings (SSSR count). The number of hydrogen-bond donors (Lipinski definition) is 2. The van der Waals surface area contributed by atoms with E-state index in [1.54, 1.807) is 66.1 Å². The second kappa shape index (κ2) is 19.1. The third-order valence-electron chi connectivity index (χ3n) is 11.6. The lowest BCUT2D eigenvalue weighted by atomic mass is 9.96. The predicted octanol–water partition coefficient (Wildman–Crippen LogP) is 6.52. The monoisotopic (exact) mass is 918 g/mol. The van der Waals surface area contributed by atoms with Crippen LogP contribution in [0.5, 0.6) is 5.88 Å². The molecule has 4 heterocycles. The fourth-order valence-corrected chi connectivity index (χ4v) is 7.99. The number of amides is 3. The van der Waals surface area contributed by atoms with Crippen molar-refractivity contribution in [2.75, 3.05) is 44.7 Å². The topological polar surface area (TPSA) is 202 Å². The number of nitrogens with zero attached hydrogens (tertiary/aromatic N) is 10. The number of halogens is 4. The normalized spacial score (nSPS) is 14.0. The van der Waals surface area contributed by atoms with Crippen molar-refractivity contribution in [3.8, 4) is 28.7 Å². The van der Waals surface area contributed by atoms with Gasteiger partial charge in [-0.15, -0.1) is 0 Å². The molecule has 6 aromatic rings. The maximum absolute atomic E-state index is 15.2. The Kier molecular flexibility index (Phi) is 13.1. The van der Waals surface area contributed by atoms with Gasteiger partial charge in [0.15, 0.2) is 11.5 Å². The molecule has 1 saturated heterocycles. The number of alkyl halides is 3. The third-order valence-corrected chi connectivity index (χ3v) is 11.6. The van der Waals surface area contributed by atoms with E-state index < -0.39 is 29.5 Å². The van der Waals surface area contributed by atoms with Gasteiger partial charge in [0.05, 0.1) is 18.4 Å². The average Bonchev–Trinajstić information content (AvgIpc) is 4.07. The van der Waals surface area contributed by atoms with E-state index >= 15 is 4.39 Å². The standard InChI is InChI=1S/C47H46F4N12O4/c1-27(2)63-23-37(47(49,50)51)58-43(63)31-11-8-28(9-12-31)22-62(46-57-26-55-42(59-46)39-40(30-13-14-30)54-25-56-44(39)67-3)24-38(64)60-16-18-61(19-17-60)45(66)34-20-29(10-15-35(34)48)21-36(52)32-6-4-5-7-33(32)41(53)65/h4-12,15,20,23,25-27,30,52H,13-14,16-19,21-22,24H2,1-3H3,(H2,53,65). The summed E-state index contributed by atoms with van der Waals surface area (Å²) in [6.45, 7) is 3.90. The summed E-state index contributed by atoms with van der Waals surface area (Å²) in [6, 6.07) is 17.0. The Balaban J connectivity index is 1.01. The number of aromatic nitrogens is 7. The lowest BCUT2D eigenvalue weighted by Gasteiger charge is -2.36. The van der Waals surface area contributed by atoms with Crippen molar-refractivity contribution in [2.24, 2.45) is 5.73 Å². The van der Waals surface area contributed by atoms with Crippen LogP contribution in [0.3, 0.4) is 0 Å². The highest BCUT2D eigenvalue weighted by Gasteiger charge is 2.36. The second-order valence-electron chi connectivity index (χ2n) is 16.6. The van der Waals surface area contributed by atoms with Crippen molar-refractivity contribution in [3.05, 3.63) is 131 Å². The van der Waals surface area contributed by atoms with Crippen molar-refractivity contribution in [1.29, 1.82) is 5.41 Å². The Morgan fingerprint density at radius 1 is 0.866 bits per heavy atom. The summed E-state index contributed by atoms with van der Waals surface area (Å²) in [5.74, 6) is -1.30. The molecule has 1 aliphatic carbocycles. The first-order valence-electron chi connectivity index (χ1n) is 21.5. The summed E-state index contributed by atoms with van der Waals surface area (Å²) in [4.78, 5) is 71.1. The van der Waals surface area contributed by atoms with Gasteiger partial charge < -0.3 is 35.1 Å². The lowest BCUT2D eigenvalue weighted by molar-refractivity contribution is -0.141. The van der Waals surface area contributed by atoms with Crippen LogP contribution in [0.4, 0.5) is 23.5 Å². The summed E-state index contributed by atoms with van der Waals surface area (Å²) in [6.07, 6.45) is 0.994. The molecule has 1 aliphatic heterocycles.